The third-order valence-corrected chi connectivity index (χ3v) is 2.73. The highest BCUT2D eigenvalue weighted by atomic mass is 79.9. The van der Waals surface area contributed by atoms with Crippen molar-refractivity contribution in [1.82, 2.24) is 4.90 Å². The first kappa shape index (κ1) is 12.7. The van der Waals surface area contributed by atoms with Crippen LogP contribution in [0.25, 0.3) is 0 Å². The van der Waals surface area contributed by atoms with E-state index in [1.54, 1.807) is 0 Å². The van der Waals surface area contributed by atoms with Crippen molar-refractivity contribution in [3.8, 4) is 0 Å². The van der Waals surface area contributed by atoms with Crippen LogP contribution in [0.4, 0.5) is 0 Å². The Morgan fingerprint density at radius 3 is 2.73 bits per heavy atom. The Labute approximate surface area is 99.6 Å². The first-order chi connectivity index (χ1) is 6.87. The molecule has 3 nitrogen and oxygen atoms in total. The van der Waals surface area contributed by atoms with Gasteiger partial charge in [0.15, 0.2) is 0 Å². The van der Waals surface area contributed by atoms with Gasteiger partial charge in [-0.3, -0.25) is 9.69 Å². The zero-order valence-corrected chi connectivity index (χ0v) is 11.1. The smallest absolute Gasteiger partial charge is 0.320 e. The monoisotopic (exact) mass is 275 g/mol. The molecule has 0 atom stereocenters. The van der Waals surface area contributed by atoms with Gasteiger partial charge in [0, 0.05) is 13.1 Å². The maximum atomic E-state index is 11.5. The molecule has 15 heavy (non-hydrogen) atoms. The van der Waals surface area contributed by atoms with Crippen molar-refractivity contribution >= 4 is 21.9 Å². The number of ether oxygens (including phenoxy) is 1. The van der Waals surface area contributed by atoms with Gasteiger partial charge in [0.2, 0.25) is 0 Å². The van der Waals surface area contributed by atoms with Crippen molar-refractivity contribution < 1.29 is 9.53 Å². The summed E-state index contributed by atoms with van der Waals surface area (Å²) in [5.41, 5.74) is -0.386. The number of halogens is 1. The van der Waals surface area contributed by atoms with E-state index in [0.29, 0.717) is 6.54 Å². The first-order valence-electron chi connectivity index (χ1n) is 5.15. The molecule has 1 heterocycles. The highest BCUT2D eigenvalue weighted by molar-refractivity contribution is 9.11. The molecular weight excluding hydrogens is 258 g/mol. The Kier molecular flexibility index (Phi) is 4.34. The average molecular weight is 276 g/mol. The number of esters is 1. The molecule has 0 bridgehead atoms. The first-order valence-corrected chi connectivity index (χ1v) is 5.95. The minimum absolute atomic E-state index is 0.145. The van der Waals surface area contributed by atoms with Gasteiger partial charge in [0.05, 0.1) is 6.54 Å². The molecule has 1 aliphatic rings. The van der Waals surface area contributed by atoms with Crippen LogP contribution in [-0.4, -0.2) is 36.1 Å². The van der Waals surface area contributed by atoms with Crippen LogP contribution in [0.3, 0.4) is 0 Å². The van der Waals surface area contributed by atoms with E-state index >= 15 is 0 Å². The molecule has 0 saturated heterocycles. The van der Waals surface area contributed by atoms with Gasteiger partial charge < -0.3 is 4.74 Å². The molecule has 0 aliphatic carbocycles. The van der Waals surface area contributed by atoms with Gasteiger partial charge >= 0.3 is 5.97 Å². The molecule has 0 aromatic rings. The maximum absolute atomic E-state index is 11.5. The second-order valence-corrected chi connectivity index (χ2v) is 5.74. The Balaban J connectivity index is 2.33. The van der Waals surface area contributed by atoms with Gasteiger partial charge in [-0.2, -0.15) is 0 Å². The van der Waals surface area contributed by atoms with E-state index in [2.05, 4.69) is 26.9 Å². The molecule has 0 radical (unpaired) electrons. The van der Waals surface area contributed by atoms with Crippen molar-refractivity contribution in [3.05, 3.63) is 10.6 Å². The van der Waals surface area contributed by atoms with E-state index in [1.165, 1.54) is 4.48 Å². The molecule has 0 aromatic heterocycles. The molecule has 1 rings (SSSR count). The van der Waals surface area contributed by atoms with Crippen LogP contribution in [0.2, 0.25) is 0 Å². The molecular formula is C11H18BrNO2. The number of hydrogen-bond donors (Lipinski definition) is 0. The molecule has 0 fully saturated rings. The summed E-state index contributed by atoms with van der Waals surface area (Å²) in [4.78, 5) is 13.6. The van der Waals surface area contributed by atoms with Crippen LogP contribution in [0.1, 0.15) is 27.2 Å². The summed E-state index contributed by atoms with van der Waals surface area (Å²) in [5, 5.41) is 0. The van der Waals surface area contributed by atoms with Gasteiger partial charge in [-0.25, -0.2) is 0 Å². The molecule has 0 saturated carbocycles. The standard InChI is InChI=1S/C11H18BrNO2/c1-11(2,3)15-10(14)8-13-6-4-9(12)5-7-13/h4H,5-8H2,1-3H3. The van der Waals surface area contributed by atoms with E-state index < -0.39 is 0 Å². The zero-order chi connectivity index (χ0) is 11.5. The fourth-order valence-electron chi connectivity index (χ4n) is 1.39. The van der Waals surface area contributed by atoms with Gasteiger partial charge in [-0.05, 0) is 31.7 Å². The van der Waals surface area contributed by atoms with Gasteiger partial charge in [-0.15, -0.1) is 0 Å². The molecule has 86 valence electrons. The number of nitrogens with zero attached hydrogens (tertiary/aromatic N) is 1. The summed E-state index contributed by atoms with van der Waals surface area (Å²) in [6.45, 7) is 7.77. The third-order valence-electron chi connectivity index (χ3n) is 2.01. The van der Waals surface area contributed by atoms with Crippen molar-refractivity contribution in [3.63, 3.8) is 0 Å². The van der Waals surface area contributed by atoms with Gasteiger partial charge in [0.25, 0.3) is 0 Å². The van der Waals surface area contributed by atoms with E-state index in [-0.39, 0.29) is 11.6 Å². The summed E-state index contributed by atoms with van der Waals surface area (Å²) in [6, 6.07) is 0. The molecule has 0 N–H and O–H groups in total. The quantitative estimate of drug-likeness (QED) is 0.725. The minimum atomic E-state index is -0.386. The average Bonchev–Trinajstić information content (AvgIpc) is 2.05. The Morgan fingerprint density at radius 1 is 1.60 bits per heavy atom. The van der Waals surface area contributed by atoms with Crippen LogP contribution < -0.4 is 0 Å². The normalized spacial score (nSPS) is 18.5. The summed E-state index contributed by atoms with van der Waals surface area (Å²) >= 11 is 3.45. The molecule has 0 spiro atoms. The number of hydrogen-bond acceptors (Lipinski definition) is 3. The number of carbonyl (C=O) groups excluding carboxylic acids is 1. The summed E-state index contributed by atoms with van der Waals surface area (Å²) in [5.74, 6) is -0.145. The van der Waals surface area contributed by atoms with Gasteiger partial charge in [0.1, 0.15) is 5.60 Å². The minimum Gasteiger partial charge on any atom is -0.459 e. The second-order valence-electron chi connectivity index (χ2n) is 4.72. The SMILES string of the molecule is CC(C)(C)OC(=O)CN1CC=C(Br)CC1. The Hall–Kier alpha value is -0.350. The van der Waals surface area contributed by atoms with Crippen LogP contribution in [0.15, 0.2) is 10.6 Å². The van der Waals surface area contributed by atoms with E-state index in [1.807, 2.05) is 20.8 Å². The molecule has 1 aliphatic heterocycles. The van der Waals surface area contributed by atoms with Crippen LogP contribution in [0.5, 0.6) is 0 Å². The zero-order valence-electron chi connectivity index (χ0n) is 9.55. The second kappa shape index (κ2) is 5.12. The van der Waals surface area contributed by atoms with Crippen molar-refractivity contribution in [1.29, 1.82) is 0 Å². The van der Waals surface area contributed by atoms with Gasteiger partial charge in [-0.1, -0.05) is 22.0 Å². The van der Waals surface area contributed by atoms with Crippen LogP contribution in [0, 0.1) is 0 Å². The van der Waals surface area contributed by atoms with Crippen molar-refractivity contribution in [2.24, 2.45) is 0 Å². The van der Waals surface area contributed by atoms with Crippen LogP contribution in [-0.2, 0) is 9.53 Å². The fraction of sp³-hybridized carbons (Fsp3) is 0.727. The van der Waals surface area contributed by atoms with Crippen molar-refractivity contribution in [2.75, 3.05) is 19.6 Å². The molecule has 0 unspecified atom stereocenters. The summed E-state index contributed by atoms with van der Waals surface area (Å²) < 4.78 is 6.48. The Morgan fingerprint density at radius 2 is 2.27 bits per heavy atom. The largest absolute Gasteiger partial charge is 0.459 e. The summed E-state index contributed by atoms with van der Waals surface area (Å²) in [7, 11) is 0. The highest BCUT2D eigenvalue weighted by Crippen LogP contribution is 2.16. The Bertz CT molecular complexity index is 268. The van der Waals surface area contributed by atoms with Crippen LogP contribution >= 0.6 is 15.9 Å². The lowest BCUT2D eigenvalue weighted by molar-refractivity contribution is -0.156. The third kappa shape index (κ3) is 5.33. The number of rotatable bonds is 2. The maximum Gasteiger partial charge on any atom is 0.320 e. The lowest BCUT2D eigenvalue weighted by atomic mass is 10.2. The lowest BCUT2D eigenvalue weighted by Gasteiger charge is -2.26. The predicted octanol–water partition coefficient (Wildman–Crippen LogP) is 2.31. The lowest BCUT2D eigenvalue weighted by Crippen LogP contribution is -2.36. The molecule has 4 heteroatoms. The topological polar surface area (TPSA) is 29.5 Å². The summed E-state index contributed by atoms with van der Waals surface area (Å²) in [6.07, 6.45) is 3.07. The highest BCUT2D eigenvalue weighted by Gasteiger charge is 2.19. The predicted molar refractivity (Wildman–Crippen MR) is 63.9 cm³/mol. The molecule has 0 amide bonds. The van der Waals surface area contributed by atoms with E-state index in [4.69, 9.17) is 4.74 Å². The van der Waals surface area contributed by atoms with E-state index in [9.17, 15) is 4.79 Å². The number of carbonyl (C=O) groups is 1. The van der Waals surface area contributed by atoms with E-state index in [0.717, 1.165) is 19.5 Å². The van der Waals surface area contributed by atoms with Crippen molar-refractivity contribution in [2.45, 2.75) is 32.8 Å². The fourth-order valence-corrected chi connectivity index (χ4v) is 1.71. The molecule has 0 aromatic carbocycles.